The second-order valence-corrected chi connectivity index (χ2v) is 12.8. The van der Waals surface area contributed by atoms with E-state index in [1.165, 1.54) is 6.07 Å². The number of aromatic nitrogens is 1. The Morgan fingerprint density at radius 2 is 1.85 bits per heavy atom. The number of nitrogens with one attached hydrogen (secondary N) is 2. The molecule has 0 spiro atoms. The number of Topliss-reactive ketones (excluding diaryl/α,β-unsaturated/α-hetero) is 1. The van der Waals surface area contributed by atoms with Gasteiger partial charge in [-0.3, -0.25) is 9.59 Å². The molecule has 0 atom stereocenters. The fourth-order valence-corrected chi connectivity index (χ4v) is 6.75. The molecule has 3 aliphatic carbocycles. The van der Waals surface area contributed by atoms with E-state index in [1.807, 2.05) is 19.0 Å². The largest absolute Gasteiger partial charge is 0.446 e. The maximum absolute atomic E-state index is 15.6. The third kappa shape index (κ3) is 6.12. The fourth-order valence-electron chi connectivity index (χ4n) is 6.75. The maximum atomic E-state index is 15.6. The molecule has 0 bridgehead atoms. The van der Waals surface area contributed by atoms with Crippen molar-refractivity contribution in [3.8, 4) is 5.69 Å². The summed E-state index contributed by atoms with van der Waals surface area (Å²) >= 11 is 0. The molecule has 2 amide bonds. The Balaban J connectivity index is 1.37. The molecule has 2 aromatic rings. The number of nitrogens with zero attached hydrogens (tertiary/aromatic N) is 2. The maximum Gasteiger partial charge on any atom is 0.407 e. The van der Waals surface area contributed by atoms with Gasteiger partial charge < -0.3 is 30.6 Å². The lowest BCUT2D eigenvalue weighted by Crippen LogP contribution is -2.37. The van der Waals surface area contributed by atoms with Crippen LogP contribution in [0.2, 0.25) is 0 Å². The van der Waals surface area contributed by atoms with E-state index in [4.69, 9.17) is 10.5 Å². The van der Waals surface area contributed by atoms with E-state index in [2.05, 4.69) is 29.0 Å². The van der Waals surface area contributed by atoms with Gasteiger partial charge in [0.2, 0.25) is 0 Å². The number of alkyl carbamates (subject to hydrolysis) is 1. The highest BCUT2D eigenvalue weighted by Gasteiger charge is 2.39. The summed E-state index contributed by atoms with van der Waals surface area (Å²) < 4.78 is 23.2. The van der Waals surface area contributed by atoms with Crippen molar-refractivity contribution in [2.24, 2.45) is 11.1 Å². The Bertz CT molecular complexity index is 1360. The molecule has 5 rings (SSSR count). The van der Waals surface area contributed by atoms with Crippen LogP contribution in [0.3, 0.4) is 0 Å². The first-order valence-electron chi connectivity index (χ1n) is 14.7. The van der Waals surface area contributed by atoms with Crippen LogP contribution in [0.4, 0.5) is 14.9 Å². The number of anilines is 1. The topological polar surface area (TPSA) is 119 Å². The van der Waals surface area contributed by atoms with E-state index in [0.29, 0.717) is 50.0 Å². The molecule has 10 heteroatoms. The predicted molar refractivity (Wildman–Crippen MR) is 155 cm³/mol. The van der Waals surface area contributed by atoms with Gasteiger partial charge >= 0.3 is 6.09 Å². The van der Waals surface area contributed by atoms with Crippen LogP contribution in [0.15, 0.2) is 12.1 Å². The molecule has 1 fully saturated rings. The second-order valence-electron chi connectivity index (χ2n) is 12.8. The number of amides is 2. The van der Waals surface area contributed by atoms with Crippen LogP contribution >= 0.6 is 0 Å². The highest BCUT2D eigenvalue weighted by atomic mass is 19.1. The number of primary amides is 1. The Morgan fingerprint density at radius 1 is 1.12 bits per heavy atom. The Labute approximate surface area is 241 Å². The first-order chi connectivity index (χ1) is 19.4. The van der Waals surface area contributed by atoms with Crippen LogP contribution in [-0.2, 0) is 24.0 Å². The number of benzene rings is 1. The van der Waals surface area contributed by atoms with Crippen molar-refractivity contribution in [3.63, 3.8) is 0 Å². The molecule has 0 unspecified atom stereocenters. The molecule has 1 aromatic heterocycles. The normalized spacial score (nSPS) is 21.4. The number of carbonyl (C=O) groups excluding carboxylic acids is 3. The molecular weight excluding hydrogens is 525 g/mol. The van der Waals surface area contributed by atoms with Gasteiger partial charge in [0, 0.05) is 42.5 Å². The van der Waals surface area contributed by atoms with E-state index < -0.39 is 17.8 Å². The standard InChI is InChI=1S/C31H42FN5O4/c1-31(2)16-25-27(26(38)17-31)21-6-5-7-24(21)37(25)19-14-22(32)28(29(33)39)23(15-19)35-18-8-10-20(11-9-18)41-30(40)34-12-13-36(3)4/h14-15,18,20,35H,5-13,16-17H2,1-4H3,(H2,33,39)(H,34,40). The highest BCUT2D eigenvalue weighted by molar-refractivity contribution is 6.01. The lowest BCUT2D eigenvalue weighted by Gasteiger charge is -2.31. The lowest BCUT2D eigenvalue weighted by molar-refractivity contribution is 0.0728. The number of carbonyl (C=O) groups is 3. The number of nitrogens with two attached hydrogens (primary N) is 1. The van der Waals surface area contributed by atoms with Crippen LogP contribution < -0.4 is 16.4 Å². The van der Waals surface area contributed by atoms with Crippen LogP contribution in [0.25, 0.3) is 5.69 Å². The number of halogens is 1. The number of likely N-dealkylation sites (N-methyl/N-ethyl adjacent to an activating group) is 1. The summed E-state index contributed by atoms with van der Waals surface area (Å²) in [7, 11) is 3.88. The number of rotatable bonds is 8. The molecule has 1 heterocycles. The number of ketones is 1. The van der Waals surface area contributed by atoms with E-state index in [1.54, 1.807) is 6.07 Å². The minimum Gasteiger partial charge on any atom is -0.446 e. The molecule has 0 aliphatic heterocycles. The van der Waals surface area contributed by atoms with Gasteiger partial charge in [0.25, 0.3) is 5.91 Å². The Hall–Kier alpha value is -3.40. The Kier molecular flexibility index (Phi) is 8.14. The minimum absolute atomic E-state index is 0.0378. The zero-order valence-electron chi connectivity index (χ0n) is 24.6. The first kappa shape index (κ1) is 29.1. The number of ether oxygens (including phenoxy) is 1. The van der Waals surface area contributed by atoms with Crippen molar-refractivity contribution < 1.29 is 23.5 Å². The van der Waals surface area contributed by atoms with Gasteiger partial charge in [0.1, 0.15) is 11.9 Å². The van der Waals surface area contributed by atoms with Crippen LogP contribution in [0.5, 0.6) is 0 Å². The summed E-state index contributed by atoms with van der Waals surface area (Å²) in [5, 5.41) is 6.15. The van der Waals surface area contributed by atoms with Crippen molar-refractivity contribution in [3.05, 3.63) is 46.0 Å². The summed E-state index contributed by atoms with van der Waals surface area (Å²) in [6, 6.07) is 3.13. The lowest BCUT2D eigenvalue weighted by atomic mass is 9.75. The van der Waals surface area contributed by atoms with Gasteiger partial charge in [0.05, 0.1) is 16.9 Å². The van der Waals surface area contributed by atoms with Crippen molar-refractivity contribution in [2.45, 2.75) is 83.8 Å². The van der Waals surface area contributed by atoms with Gasteiger partial charge in [-0.2, -0.15) is 0 Å². The smallest absolute Gasteiger partial charge is 0.407 e. The molecule has 0 radical (unpaired) electrons. The van der Waals surface area contributed by atoms with E-state index in [-0.39, 0.29) is 28.9 Å². The average Bonchev–Trinajstić information content (AvgIpc) is 3.43. The molecule has 222 valence electrons. The van der Waals surface area contributed by atoms with E-state index >= 15 is 4.39 Å². The summed E-state index contributed by atoms with van der Waals surface area (Å²) in [5.74, 6) is -1.36. The second kappa shape index (κ2) is 11.5. The van der Waals surface area contributed by atoms with Gasteiger partial charge in [-0.1, -0.05) is 13.8 Å². The van der Waals surface area contributed by atoms with Crippen LogP contribution in [-0.4, -0.2) is 66.6 Å². The molecule has 41 heavy (non-hydrogen) atoms. The van der Waals surface area contributed by atoms with E-state index in [0.717, 1.165) is 54.7 Å². The number of hydrogen-bond donors (Lipinski definition) is 3. The highest BCUT2D eigenvalue weighted by Crippen LogP contribution is 2.43. The van der Waals surface area contributed by atoms with Gasteiger partial charge in [-0.25, -0.2) is 9.18 Å². The third-order valence-corrected chi connectivity index (χ3v) is 8.60. The molecule has 9 nitrogen and oxygen atoms in total. The van der Waals surface area contributed by atoms with Gasteiger partial charge in [0.15, 0.2) is 5.78 Å². The van der Waals surface area contributed by atoms with Crippen LogP contribution in [0, 0.1) is 11.2 Å². The number of fused-ring (bicyclic) bond motifs is 3. The fraction of sp³-hybridized carbons (Fsp3) is 0.581. The molecule has 1 aromatic carbocycles. The summed E-state index contributed by atoms with van der Waals surface area (Å²) in [5.41, 5.74) is 10.2. The van der Waals surface area contributed by atoms with Crippen molar-refractivity contribution in [1.82, 2.24) is 14.8 Å². The number of hydrogen-bond acceptors (Lipinski definition) is 6. The monoisotopic (exact) mass is 567 g/mol. The third-order valence-electron chi connectivity index (χ3n) is 8.60. The SMILES string of the molecule is CN(C)CCNC(=O)OC1CCC(Nc2cc(-n3c4c(c5c3CC(C)(C)CC5=O)CCC4)cc(F)c2C(N)=O)CC1. The van der Waals surface area contributed by atoms with Crippen molar-refractivity contribution in [1.29, 1.82) is 0 Å². The van der Waals surface area contributed by atoms with Crippen LogP contribution in [0.1, 0.15) is 90.0 Å². The summed E-state index contributed by atoms with van der Waals surface area (Å²) in [4.78, 5) is 39.7. The Morgan fingerprint density at radius 3 is 2.54 bits per heavy atom. The molecule has 4 N–H and O–H groups in total. The molecule has 0 saturated heterocycles. The first-order valence-corrected chi connectivity index (χ1v) is 14.7. The zero-order valence-corrected chi connectivity index (χ0v) is 24.6. The predicted octanol–water partition coefficient (Wildman–Crippen LogP) is 4.37. The molecule has 1 saturated carbocycles. The van der Waals surface area contributed by atoms with Crippen molar-refractivity contribution in [2.75, 3.05) is 32.5 Å². The van der Waals surface area contributed by atoms with Crippen molar-refractivity contribution >= 4 is 23.5 Å². The average molecular weight is 568 g/mol. The quantitative estimate of drug-likeness (QED) is 0.436. The summed E-state index contributed by atoms with van der Waals surface area (Å²) in [6.45, 7) is 5.42. The molecule has 3 aliphatic rings. The van der Waals surface area contributed by atoms with E-state index in [9.17, 15) is 14.4 Å². The summed E-state index contributed by atoms with van der Waals surface area (Å²) in [6.07, 6.45) is 5.93. The van der Waals surface area contributed by atoms with Gasteiger partial charge in [-0.05, 0) is 88.6 Å². The molecular formula is C31H42FN5O4. The zero-order chi connectivity index (χ0) is 29.5. The minimum atomic E-state index is -0.834. The van der Waals surface area contributed by atoms with Gasteiger partial charge in [-0.15, -0.1) is 0 Å².